The largest absolute Gasteiger partial charge is 0.324 e. The summed E-state index contributed by atoms with van der Waals surface area (Å²) in [4.78, 5) is 0.160. The molecular weight excluding hydrogens is 375 g/mol. The molecule has 0 unspecified atom stereocenters. The zero-order valence-electron chi connectivity index (χ0n) is 15.5. The zero-order valence-corrected chi connectivity index (χ0v) is 16.4. The van der Waals surface area contributed by atoms with Gasteiger partial charge in [-0.2, -0.15) is 4.31 Å². The third-order valence-corrected chi connectivity index (χ3v) is 7.30. The van der Waals surface area contributed by atoms with E-state index in [0.717, 1.165) is 24.9 Å². The van der Waals surface area contributed by atoms with Crippen LogP contribution in [0.1, 0.15) is 18.4 Å². The van der Waals surface area contributed by atoms with E-state index in [2.05, 4.69) is 28.8 Å². The molecular formula is C22H23FN2O2S. The van der Waals surface area contributed by atoms with Crippen molar-refractivity contribution in [3.63, 3.8) is 0 Å². The van der Waals surface area contributed by atoms with Crippen LogP contribution in [0.2, 0.25) is 0 Å². The van der Waals surface area contributed by atoms with Crippen molar-refractivity contribution in [1.82, 2.24) is 8.87 Å². The van der Waals surface area contributed by atoms with E-state index in [4.69, 9.17) is 0 Å². The second-order valence-electron chi connectivity index (χ2n) is 7.26. The quantitative estimate of drug-likeness (QED) is 0.644. The molecule has 0 atom stereocenters. The Kier molecular flexibility index (Phi) is 5.33. The molecule has 3 aromatic rings. The van der Waals surface area contributed by atoms with Crippen LogP contribution in [-0.2, 0) is 16.4 Å². The smallest absolute Gasteiger partial charge is 0.243 e. The van der Waals surface area contributed by atoms with Gasteiger partial charge in [0.15, 0.2) is 0 Å². The van der Waals surface area contributed by atoms with Gasteiger partial charge >= 0.3 is 0 Å². The van der Waals surface area contributed by atoms with Crippen molar-refractivity contribution < 1.29 is 12.8 Å². The fourth-order valence-electron chi connectivity index (χ4n) is 3.75. The van der Waals surface area contributed by atoms with Crippen LogP contribution < -0.4 is 0 Å². The van der Waals surface area contributed by atoms with Crippen molar-refractivity contribution in [3.8, 4) is 5.69 Å². The van der Waals surface area contributed by atoms with Crippen LogP contribution in [0.25, 0.3) is 5.69 Å². The van der Waals surface area contributed by atoms with E-state index in [0.29, 0.717) is 19.0 Å². The van der Waals surface area contributed by atoms with Gasteiger partial charge in [-0.05, 0) is 79.3 Å². The first-order chi connectivity index (χ1) is 13.5. The van der Waals surface area contributed by atoms with E-state index in [1.54, 1.807) is 0 Å². The first kappa shape index (κ1) is 18.9. The predicted octanol–water partition coefficient (Wildman–Crippen LogP) is 4.26. The van der Waals surface area contributed by atoms with Crippen LogP contribution in [0.15, 0.2) is 78.0 Å². The van der Waals surface area contributed by atoms with Crippen LogP contribution in [0.4, 0.5) is 4.39 Å². The van der Waals surface area contributed by atoms with E-state index in [1.165, 1.54) is 34.1 Å². The highest BCUT2D eigenvalue weighted by molar-refractivity contribution is 7.89. The monoisotopic (exact) mass is 398 g/mol. The normalized spacial score (nSPS) is 16.3. The molecule has 0 aliphatic carbocycles. The molecule has 4 rings (SSSR count). The van der Waals surface area contributed by atoms with Gasteiger partial charge in [-0.15, -0.1) is 0 Å². The minimum Gasteiger partial charge on any atom is -0.324 e. The minimum atomic E-state index is -3.54. The Bertz CT molecular complexity index is 1010. The number of nitrogens with zero attached hydrogens (tertiary/aromatic N) is 2. The van der Waals surface area contributed by atoms with Gasteiger partial charge in [0.2, 0.25) is 10.0 Å². The summed E-state index contributed by atoms with van der Waals surface area (Å²) in [7, 11) is -3.54. The number of hydrogen-bond donors (Lipinski definition) is 0. The highest BCUT2D eigenvalue weighted by Crippen LogP contribution is 2.26. The molecule has 1 aliphatic rings. The lowest BCUT2D eigenvalue weighted by atomic mass is 9.91. The van der Waals surface area contributed by atoms with Gasteiger partial charge in [-0.1, -0.05) is 12.1 Å². The van der Waals surface area contributed by atoms with Gasteiger partial charge in [0.25, 0.3) is 0 Å². The van der Waals surface area contributed by atoms with Crippen LogP contribution in [0, 0.1) is 11.7 Å². The highest BCUT2D eigenvalue weighted by Gasteiger charge is 2.29. The lowest BCUT2D eigenvalue weighted by molar-refractivity contribution is 0.273. The predicted molar refractivity (Wildman–Crippen MR) is 107 cm³/mol. The van der Waals surface area contributed by atoms with Crippen LogP contribution in [0.3, 0.4) is 0 Å². The molecule has 0 amide bonds. The number of hydrogen-bond acceptors (Lipinski definition) is 2. The number of piperidine rings is 1. The molecule has 1 saturated heterocycles. The molecule has 0 bridgehead atoms. The molecule has 0 saturated carbocycles. The van der Waals surface area contributed by atoms with Crippen LogP contribution >= 0.6 is 0 Å². The Morgan fingerprint density at radius 1 is 0.893 bits per heavy atom. The summed E-state index contributed by atoms with van der Waals surface area (Å²) >= 11 is 0. The van der Waals surface area contributed by atoms with Crippen molar-refractivity contribution in [2.45, 2.75) is 24.2 Å². The number of aromatic nitrogens is 1. The maximum Gasteiger partial charge on any atom is 0.243 e. The van der Waals surface area contributed by atoms with E-state index in [-0.39, 0.29) is 4.90 Å². The number of sulfonamides is 1. The van der Waals surface area contributed by atoms with Crippen molar-refractivity contribution >= 4 is 10.0 Å². The minimum absolute atomic E-state index is 0.160. The molecule has 0 N–H and O–H groups in total. The summed E-state index contributed by atoms with van der Waals surface area (Å²) in [6.45, 7) is 1.01. The Morgan fingerprint density at radius 3 is 2.11 bits per heavy atom. The fraction of sp³-hybridized carbons (Fsp3) is 0.273. The van der Waals surface area contributed by atoms with Gasteiger partial charge in [-0.3, -0.25) is 0 Å². The third-order valence-electron chi connectivity index (χ3n) is 5.39. The van der Waals surface area contributed by atoms with Crippen molar-refractivity contribution in [2.24, 2.45) is 5.92 Å². The molecule has 4 nitrogen and oxygen atoms in total. The molecule has 2 aromatic carbocycles. The highest BCUT2D eigenvalue weighted by atomic mass is 32.2. The lowest BCUT2D eigenvalue weighted by Crippen LogP contribution is -2.38. The Hall–Kier alpha value is -2.44. The molecule has 1 aliphatic heterocycles. The summed E-state index contributed by atoms with van der Waals surface area (Å²) < 4.78 is 42.1. The van der Waals surface area contributed by atoms with Crippen molar-refractivity contribution in [3.05, 3.63) is 84.4 Å². The van der Waals surface area contributed by atoms with Crippen molar-refractivity contribution in [2.75, 3.05) is 13.1 Å². The summed E-state index contributed by atoms with van der Waals surface area (Å²) in [6.07, 6.45) is 6.66. The van der Waals surface area contributed by atoms with Crippen LogP contribution in [-0.4, -0.2) is 30.4 Å². The topological polar surface area (TPSA) is 42.3 Å². The number of halogens is 1. The average Bonchev–Trinajstić information content (AvgIpc) is 3.24. The SMILES string of the molecule is O=S(=O)(c1ccc(F)cc1)N1CCC(Cc2ccc(-n3cccc3)cc2)CC1. The molecule has 1 fully saturated rings. The Labute approximate surface area is 165 Å². The van der Waals surface area contributed by atoms with Crippen LogP contribution in [0.5, 0.6) is 0 Å². The average molecular weight is 399 g/mol. The Balaban J connectivity index is 1.36. The summed E-state index contributed by atoms with van der Waals surface area (Å²) in [5.41, 5.74) is 2.41. The maximum absolute atomic E-state index is 13.1. The van der Waals surface area contributed by atoms with E-state index in [1.807, 2.05) is 24.5 Å². The second-order valence-corrected chi connectivity index (χ2v) is 9.20. The number of benzene rings is 2. The van der Waals surface area contributed by atoms with Gasteiger partial charge in [0.1, 0.15) is 5.82 Å². The third kappa shape index (κ3) is 4.03. The first-order valence-electron chi connectivity index (χ1n) is 9.50. The number of rotatable bonds is 5. The maximum atomic E-state index is 13.1. The molecule has 0 spiro atoms. The van der Waals surface area contributed by atoms with Gasteiger partial charge < -0.3 is 4.57 Å². The first-order valence-corrected chi connectivity index (χ1v) is 10.9. The summed E-state index contributed by atoms with van der Waals surface area (Å²) in [5.74, 6) is 0.0394. The van der Waals surface area contributed by atoms with Gasteiger partial charge in [0.05, 0.1) is 4.90 Å². The zero-order chi connectivity index (χ0) is 19.6. The lowest BCUT2D eigenvalue weighted by Gasteiger charge is -2.31. The molecule has 1 aromatic heterocycles. The Morgan fingerprint density at radius 2 is 1.50 bits per heavy atom. The summed E-state index contributed by atoms with van der Waals surface area (Å²) in [6, 6.07) is 17.6. The molecule has 2 heterocycles. The molecule has 0 radical (unpaired) electrons. The molecule has 146 valence electrons. The van der Waals surface area contributed by atoms with E-state index >= 15 is 0 Å². The fourth-order valence-corrected chi connectivity index (χ4v) is 5.22. The standard InChI is InChI=1S/C22H23FN2O2S/c23-20-5-9-22(10-6-20)28(26,27)25-15-11-19(12-16-25)17-18-3-7-21(8-4-18)24-13-1-2-14-24/h1-10,13-14,19H,11-12,15-17H2. The second kappa shape index (κ2) is 7.89. The van der Waals surface area contributed by atoms with Gasteiger partial charge in [-0.25, -0.2) is 12.8 Å². The molecule has 28 heavy (non-hydrogen) atoms. The van der Waals surface area contributed by atoms with E-state index < -0.39 is 15.8 Å². The van der Waals surface area contributed by atoms with Crippen molar-refractivity contribution in [1.29, 1.82) is 0 Å². The molecule has 6 heteroatoms. The van der Waals surface area contributed by atoms with Gasteiger partial charge in [0, 0.05) is 31.2 Å². The summed E-state index contributed by atoms with van der Waals surface area (Å²) in [5, 5.41) is 0. The van der Waals surface area contributed by atoms with E-state index in [9.17, 15) is 12.8 Å².